The molecule has 0 aliphatic carbocycles. The first-order chi connectivity index (χ1) is 8.36. The van der Waals surface area contributed by atoms with Gasteiger partial charge in [-0.2, -0.15) is 0 Å². The quantitative estimate of drug-likeness (QED) is 0.722. The van der Waals surface area contributed by atoms with Gasteiger partial charge < -0.3 is 20.5 Å². The maximum atomic E-state index is 11.6. The van der Waals surface area contributed by atoms with Crippen LogP contribution in [0.2, 0.25) is 0 Å². The van der Waals surface area contributed by atoms with Gasteiger partial charge in [0.15, 0.2) is 6.61 Å². The van der Waals surface area contributed by atoms with E-state index in [0.717, 1.165) is 0 Å². The maximum absolute atomic E-state index is 11.6. The van der Waals surface area contributed by atoms with Crippen molar-refractivity contribution in [2.24, 2.45) is 0 Å². The molecule has 1 heterocycles. The summed E-state index contributed by atoms with van der Waals surface area (Å²) in [6.45, 7) is 2.78. The molecule has 0 aromatic heterocycles. The summed E-state index contributed by atoms with van der Waals surface area (Å²) >= 11 is 0. The third-order valence-corrected chi connectivity index (χ3v) is 2.43. The molecular formula is C12H14N2O4. The number of nitrogens with one attached hydrogen (secondary N) is 2. The highest BCUT2D eigenvalue weighted by Crippen LogP contribution is 2.30. The lowest BCUT2D eigenvalue weighted by Crippen LogP contribution is -2.36. The number of hydrogen-bond donors (Lipinski definition) is 3. The smallest absolute Gasteiger partial charge is 0.262 e. The van der Waals surface area contributed by atoms with Crippen molar-refractivity contribution < 1.29 is 19.4 Å². The summed E-state index contributed by atoms with van der Waals surface area (Å²) in [6, 6.07) is 4.87. The molecule has 2 rings (SSSR count). The van der Waals surface area contributed by atoms with Crippen LogP contribution in [0.3, 0.4) is 0 Å². The Hall–Kier alpha value is -2.08. The fourth-order valence-electron chi connectivity index (χ4n) is 1.44. The monoisotopic (exact) mass is 250 g/mol. The van der Waals surface area contributed by atoms with Gasteiger partial charge >= 0.3 is 0 Å². The molecule has 2 amide bonds. The van der Waals surface area contributed by atoms with Crippen LogP contribution >= 0.6 is 0 Å². The third kappa shape index (κ3) is 2.60. The third-order valence-electron chi connectivity index (χ3n) is 2.43. The highest BCUT2D eigenvalue weighted by molar-refractivity contribution is 5.99. The molecule has 1 aliphatic heterocycles. The Kier molecular flexibility index (Phi) is 2.96. The van der Waals surface area contributed by atoms with Gasteiger partial charge in [0.05, 0.1) is 5.69 Å². The van der Waals surface area contributed by atoms with Crippen LogP contribution < -0.4 is 15.4 Å². The van der Waals surface area contributed by atoms with E-state index in [1.54, 1.807) is 18.2 Å². The topological polar surface area (TPSA) is 87.7 Å². The lowest BCUT2D eigenvalue weighted by molar-refractivity contribution is -0.130. The Morgan fingerprint density at radius 1 is 1.50 bits per heavy atom. The number of ether oxygens (including phenoxy) is 1. The van der Waals surface area contributed by atoms with Crippen LogP contribution in [-0.4, -0.2) is 29.1 Å². The van der Waals surface area contributed by atoms with Crippen molar-refractivity contribution in [3.63, 3.8) is 0 Å². The molecule has 0 saturated heterocycles. The van der Waals surface area contributed by atoms with Gasteiger partial charge in [0, 0.05) is 5.69 Å². The number of carbonyl (C=O) groups excluding carboxylic acids is 2. The number of carbonyl (C=O) groups is 2. The van der Waals surface area contributed by atoms with Crippen LogP contribution in [0.1, 0.15) is 13.8 Å². The summed E-state index contributed by atoms with van der Waals surface area (Å²) in [4.78, 5) is 22.7. The summed E-state index contributed by atoms with van der Waals surface area (Å²) in [5.41, 5.74) is -0.484. The van der Waals surface area contributed by atoms with E-state index in [9.17, 15) is 14.7 Å². The highest BCUT2D eigenvalue weighted by Gasteiger charge is 2.24. The molecule has 0 fully saturated rings. The lowest BCUT2D eigenvalue weighted by Gasteiger charge is -2.20. The zero-order valence-electron chi connectivity index (χ0n) is 10.1. The predicted octanol–water partition coefficient (Wildman–Crippen LogP) is 0.727. The Bertz CT molecular complexity index is 505. The van der Waals surface area contributed by atoms with E-state index in [-0.39, 0.29) is 12.5 Å². The Morgan fingerprint density at radius 2 is 2.22 bits per heavy atom. The van der Waals surface area contributed by atoms with E-state index in [1.165, 1.54) is 13.8 Å². The van der Waals surface area contributed by atoms with Crippen LogP contribution in [0.25, 0.3) is 0 Å². The lowest BCUT2D eigenvalue weighted by atomic mass is 10.1. The first-order valence-corrected chi connectivity index (χ1v) is 5.47. The summed E-state index contributed by atoms with van der Waals surface area (Å²) < 4.78 is 5.19. The van der Waals surface area contributed by atoms with Crippen molar-refractivity contribution in [3.8, 4) is 5.75 Å². The molecule has 0 radical (unpaired) electrons. The number of rotatable bonds is 2. The molecule has 0 atom stereocenters. The number of anilines is 2. The van der Waals surface area contributed by atoms with Crippen molar-refractivity contribution in [1.29, 1.82) is 0 Å². The van der Waals surface area contributed by atoms with E-state index in [1.807, 2.05) is 0 Å². The van der Waals surface area contributed by atoms with Crippen molar-refractivity contribution in [1.82, 2.24) is 0 Å². The van der Waals surface area contributed by atoms with Gasteiger partial charge in [0.1, 0.15) is 11.4 Å². The molecule has 1 aromatic rings. The zero-order valence-corrected chi connectivity index (χ0v) is 10.1. The van der Waals surface area contributed by atoms with Crippen LogP contribution in [0.4, 0.5) is 11.4 Å². The molecule has 0 unspecified atom stereocenters. The van der Waals surface area contributed by atoms with E-state index in [2.05, 4.69) is 10.6 Å². The first kappa shape index (κ1) is 12.4. The van der Waals surface area contributed by atoms with Gasteiger partial charge in [0.25, 0.3) is 11.8 Å². The standard InChI is InChI=1S/C12H14N2O4/c1-12(2,17)11(16)13-7-3-4-9-8(5-7)14-10(15)6-18-9/h3-5,17H,6H2,1-2H3,(H,13,16)(H,14,15). The Balaban J connectivity index is 2.19. The second kappa shape index (κ2) is 4.30. The zero-order chi connectivity index (χ0) is 13.3. The first-order valence-electron chi connectivity index (χ1n) is 5.47. The van der Waals surface area contributed by atoms with Crippen LogP contribution in [0.15, 0.2) is 18.2 Å². The number of benzene rings is 1. The summed E-state index contributed by atoms with van der Waals surface area (Å²) in [6.07, 6.45) is 0. The average Bonchev–Trinajstić information content (AvgIpc) is 2.27. The number of amides is 2. The molecule has 0 spiro atoms. The predicted molar refractivity (Wildman–Crippen MR) is 65.5 cm³/mol. The van der Waals surface area contributed by atoms with Crippen LogP contribution in [0.5, 0.6) is 5.75 Å². The minimum absolute atomic E-state index is 0.0115. The van der Waals surface area contributed by atoms with E-state index in [4.69, 9.17) is 4.74 Å². The normalized spacial score (nSPS) is 14.3. The molecule has 6 nitrogen and oxygen atoms in total. The van der Waals surface area contributed by atoms with E-state index < -0.39 is 11.5 Å². The number of aliphatic hydroxyl groups is 1. The molecule has 0 bridgehead atoms. The van der Waals surface area contributed by atoms with Crippen molar-refractivity contribution in [2.75, 3.05) is 17.2 Å². The van der Waals surface area contributed by atoms with Gasteiger partial charge in [-0.25, -0.2) is 0 Å². The van der Waals surface area contributed by atoms with E-state index >= 15 is 0 Å². The minimum atomic E-state index is -1.46. The molecule has 1 aliphatic rings. The Morgan fingerprint density at radius 3 is 2.89 bits per heavy atom. The van der Waals surface area contributed by atoms with Gasteiger partial charge in [-0.05, 0) is 32.0 Å². The summed E-state index contributed by atoms with van der Waals surface area (Å²) in [5, 5.41) is 14.7. The summed E-state index contributed by atoms with van der Waals surface area (Å²) in [5.74, 6) is -0.213. The fourth-order valence-corrected chi connectivity index (χ4v) is 1.44. The largest absolute Gasteiger partial charge is 0.482 e. The summed E-state index contributed by atoms with van der Waals surface area (Å²) in [7, 11) is 0. The van der Waals surface area contributed by atoms with Gasteiger partial charge in [0.2, 0.25) is 0 Å². The van der Waals surface area contributed by atoms with Crippen molar-refractivity contribution in [3.05, 3.63) is 18.2 Å². The fraction of sp³-hybridized carbons (Fsp3) is 0.333. The minimum Gasteiger partial charge on any atom is -0.482 e. The number of hydrogen-bond acceptors (Lipinski definition) is 4. The van der Waals surface area contributed by atoms with Crippen molar-refractivity contribution >= 4 is 23.2 Å². The average molecular weight is 250 g/mol. The second-order valence-corrected chi connectivity index (χ2v) is 4.56. The molecule has 6 heteroatoms. The molecule has 1 aromatic carbocycles. The highest BCUT2D eigenvalue weighted by atomic mass is 16.5. The Labute approximate surface area is 104 Å². The molecule has 3 N–H and O–H groups in total. The molecule has 96 valence electrons. The maximum Gasteiger partial charge on any atom is 0.262 e. The second-order valence-electron chi connectivity index (χ2n) is 4.56. The van der Waals surface area contributed by atoms with E-state index in [0.29, 0.717) is 17.1 Å². The van der Waals surface area contributed by atoms with Crippen molar-refractivity contribution in [2.45, 2.75) is 19.4 Å². The van der Waals surface area contributed by atoms with Gasteiger partial charge in [-0.15, -0.1) is 0 Å². The number of fused-ring (bicyclic) bond motifs is 1. The van der Waals surface area contributed by atoms with Gasteiger partial charge in [-0.3, -0.25) is 9.59 Å². The van der Waals surface area contributed by atoms with Gasteiger partial charge in [-0.1, -0.05) is 0 Å². The molecular weight excluding hydrogens is 236 g/mol. The molecule has 0 saturated carbocycles. The SMILES string of the molecule is CC(C)(O)C(=O)Nc1ccc2c(c1)NC(=O)CO2. The molecule has 18 heavy (non-hydrogen) atoms. The van der Waals surface area contributed by atoms with Crippen LogP contribution in [0, 0.1) is 0 Å². The van der Waals surface area contributed by atoms with Crippen LogP contribution in [-0.2, 0) is 9.59 Å².